The minimum Gasteiger partial charge on any atom is -0.480 e. The summed E-state index contributed by atoms with van der Waals surface area (Å²) in [5.41, 5.74) is 4.69. The molecule has 258 valence electrons. The number of rotatable bonds is 6. The Labute approximate surface area is 289 Å². The highest BCUT2D eigenvalue weighted by Crippen LogP contribution is 2.41. The van der Waals surface area contributed by atoms with Crippen LogP contribution >= 0.6 is 0 Å². The Morgan fingerprint density at radius 1 is 1.14 bits per heavy atom. The summed E-state index contributed by atoms with van der Waals surface area (Å²) in [5, 5.41) is 15.6. The number of aryl methyl sites for hydroxylation is 1. The van der Waals surface area contributed by atoms with Crippen molar-refractivity contribution in [3.8, 4) is 17.7 Å². The number of para-hydroxylation sites is 1. The van der Waals surface area contributed by atoms with Crippen LogP contribution in [0.5, 0.6) is 5.88 Å². The summed E-state index contributed by atoms with van der Waals surface area (Å²) in [6.45, 7) is 10.6. The minimum absolute atomic E-state index is 0.0139. The van der Waals surface area contributed by atoms with Gasteiger partial charge in [0.05, 0.1) is 49.9 Å². The fourth-order valence-corrected chi connectivity index (χ4v) is 7.02. The molecule has 3 saturated heterocycles. The number of aliphatic carboxylic acids is 1. The number of hydrogen-bond acceptors (Lipinski definition) is 11. The molecule has 7 heterocycles. The van der Waals surface area contributed by atoms with Gasteiger partial charge in [0.25, 0.3) is 0 Å². The number of hydrogen-bond donors (Lipinski definition) is 1. The van der Waals surface area contributed by atoms with Gasteiger partial charge < -0.3 is 33.5 Å². The third-order valence-electron chi connectivity index (χ3n) is 10.2. The summed E-state index contributed by atoms with van der Waals surface area (Å²) in [7, 11) is 1.89. The van der Waals surface area contributed by atoms with Crippen LogP contribution in [0.3, 0.4) is 0 Å². The molecule has 0 radical (unpaired) electrons. The maximum Gasteiger partial charge on any atom is 0.326 e. The number of aromatic nitrogens is 5. The van der Waals surface area contributed by atoms with Crippen LogP contribution in [0.1, 0.15) is 55.8 Å². The van der Waals surface area contributed by atoms with Gasteiger partial charge in [0.1, 0.15) is 40.4 Å². The average molecular weight is 678 g/mol. The number of fused-ring (bicyclic) bond motifs is 3. The zero-order valence-corrected chi connectivity index (χ0v) is 28.7. The molecule has 0 unspecified atom stereocenters. The maximum atomic E-state index is 12.8. The Morgan fingerprint density at radius 2 is 1.96 bits per heavy atom. The van der Waals surface area contributed by atoms with Crippen LogP contribution in [0, 0.1) is 18.8 Å². The number of ether oxygens (including phenoxy) is 3. The van der Waals surface area contributed by atoms with Crippen molar-refractivity contribution >= 4 is 39.5 Å². The molecule has 0 aliphatic carbocycles. The summed E-state index contributed by atoms with van der Waals surface area (Å²) in [6, 6.07) is 8.74. The number of benzene rings is 1. The molecular weight excluding hydrogens is 638 g/mol. The molecule has 0 saturated carbocycles. The highest BCUT2D eigenvalue weighted by atomic mass is 16.6. The van der Waals surface area contributed by atoms with E-state index >= 15 is 0 Å². The van der Waals surface area contributed by atoms with Crippen molar-refractivity contribution in [1.29, 1.82) is 0 Å². The largest absolute Gasteiger partial charge is 0.480 e. The molecule has 8 rings (SSSR count). The normalized spacial score (nSPS) is 21.5. The first-order valence-electron chi connectivity index (χ1n) is 17.0. The predicted octanol–water partition coefficient (Wildman–Crippen LogP) is 4.44. The molecule has 4 aromatic heterocycles. The fourth-order valence-electron chi connectivity index (χ4n) is 7.02. The van der Waals surface area contributed by atoms with Gasteiger partial charge in [-0.05, 0) is 32.0 Å². The number of pyridine rings is 1. The van der Waals surface area contributed by atoms with Gasteiger partial charge in [-0.1, -0.05) is 37.8 Å². The fraction of sp³-hybridized carbons (Fsp3) is 0.432. The molecule has 0 amide bonds. The average Bonchev–Trinajstić information content (AvgIpc) is 3.78. The predicted molar refractivity (Wildman–Crippen MR) is 186 cm³/mol. The van der Waals surface area contributed by atoms with Crippen LogP contribution in [0.4, 0.5) is 11.5 Å². The molecule has 3 aliphatic heterocycles. The van der Waals surface area contributed by atoms with Crippen LogP contribution in [-0.2, 0) is 21.3 Å². The van der Waals surface area contributed by atoms with E-state index in [2.05, 4.69) is 28.8 Å². The van der Waals surface area contributed by atoms with E-state index in [1.54, 1.807) is 22.0 Å². The number of morpholine rings is 1. The second-order valence-corrected chi connectivity index (χ2v) is 13.7. The molecule has 0 bridgehead atoms. The standard InChI is InChI=1S/C37H39N7O6/c1-21(2)33-40-31-27-8-6-7-9-30(27)50-32(31)34(41-33)44-18-26(15-29(44)36(45)46)49-35-28(43-12-13-48-37(23(43)4)19-47-20-37)14-24(16-38-35)10-11-25-17-39-42(5)22(25)3/h6-9,14,16-17,21,23,26,29H,12-13,15,18-20H2,1-5H3,(H,45,46)/t23-,26-,29-/m0/s1. The first-order valence-corrected chi connectivity index (χ1v) is 17.0. The lowest BCUT2D eigenvalue weighted by Crippen LogP contribution is -2.68. The van der Waals surface area contributed by atoms with Crippen LogP contribution in [0.15, 0.2) is 47.1 Å². The smallest absolute Gasteiger partial charge is 0.326 e. The summed E-state index contributed by atoms with van der Waals surface area (Å²) in [6.07, 6.45) is 3.16. The molecule has 50 heavy (non-hydrogen) atoms. The molecule has 13 heteroatoms. The molecule has 3 aliphatic rings. The Bertz CT molecular complexity index is 2180. The van der Waals surface area contributed by atoms with Crippen molar-refractivity contribution in [2.75, 3.05) is 42.7 Å². The second-order valence-electron chi connectivity index (χ2n) is 13.7. The lowest BCUT2D eigenvalue weighted by atomic mass is 9.90. The van der Waals surface area contributed by atoms with E-state index in [0.29, 0.717) is 60.6 Å². The molecular formula is C37H39N7O6. The number of carboxylic acid groups (broad SMARTS) is 1. The van der Waals surface area contributed by atoms with Crippen molar-refractivity contribution in [3.63, 3.8) is 0 Å². The van der Waals surface area contributed by atoms with Crippen LogP contribution in [0.2, 0.25) is 0 Å². The van der Waals surface area contributed by atoms with Crippen LogP contribution in [-0.4, -0.2) is 92.5 Å². The third kappa shape index (κ3) is 5.39. The van der Waals surface area contributed by atoms with E-state index in [9.17, 15) is 9.90 Å². The van der Waals surface area contributed by atoms with Gasteiger partial charge in [-0.15, -0.1) is 0 Å². The molecule has 3 fully saturated rings. The summed E-state index contributed by atoms with van der Waals surface area (Å²) < 4.78 is 26.6. The Hall–Kier alpha value is -5.19. The number of furan rings is 1. The van der Waals surface area contributed by atoms with Crippen molar-refractivity contribution in [2.45, 2.75) is 63.8 Å². The Morgan fingerprint density at radius 3 is 2.68 bits per heavy atom. The van der Waals surface area contributed by atoms with Gasteiger partial charge in [0.2, 0.25) is 5.88 Å². The van der Waals surface area contributed by atoms with E-state index in [4.69, 9.17) is 33.6 Å². The number of nitrogens with zero attached hydrogens (tertiary/aromatic N) is 7. The Balaban J connectivity index is 1.16. The minimum atomic E-state index is -0.969. The monoisotopic (exact) mass is 677 g/mol. The molecule has 1 aromatic carbocycles. The van der Waals surface area contributed by atoms with E-state index in [1.165, 1.54) is 0 Å². The van der Waals surface area contributed by atoms with Gasteiger partial charge >= 0.3 is 5.97 Å². The van der Waals surface area contributed by atoms with Crippen LogP contribution < -0.4 is 14.5 Å². The number of anilines is 2. The lowest BCUT2D eigenvalue weighted by Gasteiger charge is -2.53. The highest BCUT2D eigenvalue weighted by molar-refractivity contribution is 6.06. The Kier molecular flexibility index (Phi) is 7.88. The first-order chi connectivity index (χ1) is 24.1. The highest BCUT2D eigenvalue weighted by Gasteiger charge is 2.50. The summed E-state index contributed by atoms with van der Waals surface area (Å²) in [4.78, 5) is 31.3. The van der Waals surface area contributed by atoms with E-state index in [-0.39, 0.29) is 24.9 Å². The molecule has 13 nitrogen and oxygen atoms in total. The zero-order chi connectivity index (χ0) is 34.7. The summed E-state index contributed by atoms with van der Waals surface area (Å²) in [5.74, 6) is 7.01. The molecule has 3 atom stereocenters. The zero-order valence-electron chi connectivity index (χ0n) is 28.7. The lowest BCUT2D eigenvalue weighted by molar-refractivity contribution is -0.228. The molecule has 1 N–H and O–H groups in total. The number of carbonyl (C=O) groups is 1. The van der Waals surface area contributed by atoms with Gasteiger partial charge in [0, 0.05) is 43.1 Å². The summed E-state index contributed by atoms with van der Waals surface area (Å²) >= 11 is 0. The van der Waals surface area contributed by atoms with Gasteiger partial charge in [0.15, 0.2) is 11.4 Å². The van der Waals surface area contributed by atoms with E-state index in [0.717, 1.165) is 27.9 Å². The van der Waals surface area contributed by atoms with Crippen molar-refractivity contribution < 1.29 is 28.5 Å². The topological polar surface area (TPSA) is 141 Å². The number of carboxylic acids is 1. The molecule has 1 spiro atoms. The van der Waals surface area contributed by atoms with Gasteiger partial charge in [-0.2, -0.15) is 5.10 Å². The second kappa shape index (κ2) is 12.3. The quantitative estimate of drug-likeness (QED) is 0.254. The SMILES string of the molecule is Cc1c(C#Cc2cnc(O[C@H]3C[C@@H](C(=O)O)N(c4nc(C(C)C)nc5c4oc4ccccc45)C3)c(N3CCOC4(COC4)[C@@H]3C)c2)cnn1C. The third-order valence-corrected chi connectivity index (χ3v) is 10.2. The molecule has 5 aromatic rings. The maximum absolute atomic E-state index is 12.8. The van der Waals surface area contributed by atoms with E-state index in [1.807, 2.05) is 58.2 Å². The van der Waals surface area contributed by atoms with Crippen molar-refractivity contribution in [3.05, 3.63) is 65.4 Å². The van der Waals surface area contributed by atoms with Crippen molar-refractivity contribution in [2.24, 2.45) is 7.05 Å². The van der Waals surface area contributed by atoms with Gasteiger partial charge in [-0.25, -0.2) is 19.7 Å². The first kappa shape index (κ1) is 32.0. The van der Waals surface area contributed by atoms with Crippen LogP contribution in [0.25, 0.3) is 22.1 Å². The van der Waals surface area contributed by atoms with E-state index < -0.39 is 23.7 Å². The van der Waals surface area contributed by atoms with Gasteiger partial charge in [-0.3, -0.25) is 4.68 Å². The van der Waals surface area contributed by atoms with Crippen molar-refractivity contribution in [1.82, 2.24) is 24.7 Å².